The van der Waals surface area contributed by atoms with Crippen molar-refractivity contribution >= 4 is 30.0 Å². The standard InChI is InChI=1S/C16H19NO.2C3H9Si.C2H7Si.Ti/c1-9-10(2)12(4)15(16(17)18)14(11(9)3)13-7-5-6-8-13;2*1-4(2)3;1-3-2;/h5-7H,8H2,1-4H3,(H2,17,18);2*1-3H3;3H,1-2H3;/q;;;;+1/p-1. The third-order valence-corrected chi connectivity index (χ3v) is 101. The molecule has 1 N–H and O–H groups in total. The third kappa shape index (κ3) is 4.25. The van der Waals surface area contributed by atoms with Crippen LogP contribution >= 0.6 is 0 Å². The molecule has 1 aromatic rings. The van der Waals surface area contributed by atoms with Gasteiger partial charge in [0.15, 0.2) is 0 Å². The van der Waals surface area contributed by atoms with E-state index < -0.39 is 33.2 Å². The number of rotatable bonds is 6. The molecular weight excluding hydrogens is 450 g/mol. The van der Waals surface area contributed by atoms with Crippen molar-refractivity contribution in [2.45, 2.75) is 86.5 Å². The fraction of sp³-hybridized carbons (Fsp3) is 0.542. The Morgan fingerprint density at radius 3 is 1.80 bits per heavy atom. The predicted octanol–water partition coefficient (Wildman–Crippen LogP) is 6.72. The molecule has 2 rings (SSSR count). The zero-order valence-corrected chi connectivity index (χ0v) is 26.1. The van der Waals surface area contributed by atoms with Crippen LogP contribution in [0.25, 0.3) is 5.57 Å². The first-order valence-corrected chi connectivity index (χ1v) is 29.4. The summed E-state index contributed by atoms with van der Waals surface area (Å²) in [4.78, 5) is 14.2. The van der Waals surface area contributed by atoms with E-state index in [9.17, 15) is 4.79 Å². The van der Waals surface area contributed by atoms with Crippen LogP contribution in [-0.2, 0) is 14.6 Å². The molecule has 0 radical (unpaired) electrons. The Bertz CT molecular complexity index is 904. The summed E-state index contributed by atoms with van der Waals surface area (Å²) in [5.41, 5.74) is 8.51. The first-order chi connectivity index (χ1) is 13.6. The number of carbonyl (C=O) groups is 1. The van der Waals surface area contributed by atoms with E-state index in [-0.39, 0.29) is 5.91 Å². The summed E-state index contributed by atoms with van der Waals surface area (Å²) < 4.78 is 3.99. The SMILES string of the molecule is Cc1c(C)c(C)c(C2=CC=CC2)c(C(=O)[NH][Ti]([SiH](C)C)([Si](C)(C)C)[Si](C)(C)C)c1C. The zero-order chi connectivity index (χ0) is 23.2. The molecule has 166 valence electrons. The van der Waals surface area contributed by atoms with Gasteiger partial charge in [0.25, 0.3) is 0 Å². The van der Waals surface area contributed by atoms with E-state index in [1.165, 1.54) is 33.4 Å². The molecule has 0 aliphatic heterocycles. The van der Waals surface area contributed by atoms with Crippen LogP contribution in [0, 0.1) is 27.7 Å². The van der Waals surface area contributed by atoms with E-state index in [1.807, 2.05) is 0 Å². The topological polar surface area (TPSA) is 29.1 Å². The van der Waals surface area contributed by atoms with Gasteiger partial charge in [-0.3, -0.25) is 0 Å². The maximum absolute atomic E-state index is 14.2. The molecule has 1 aliphatic carbocycles. The van der Waals surface area contributed by atoms with Crippen LogP contribution in [0.5, 0.6) is 0 Å². The van der Waals surface area contributed by atoms with Gasteiger partial charge in [0.05, 0.1) is 0 Å². The summed E-state index contributed by atoms with van der Waals surface area (Å²) in [5, 5.41) is 0. The second kappa shape index (κ2) is 8.82. The summed E-state index contributed by atoms with van der Waals surface area (Å²) >= 11 is -2.55. The molecule has 0 saturated carbocycles. The van der Waals surface area contributed by atoms with Gasteiger partial charge in [-0.2, -0.15) is 0 Å². The van der Waals surface area contributed by atoms with Crippen LogP contribution in [0.4, 0.5) is 0 Å². The zero-order valence-electron chi connectivity index (χ0n) is 21.4. The van der Waals surface area contributed by atoms with E-state index in [2.05, 4.69) is 102 Å². The molecule has 0 saturated heterocycles. The quantitative estimate of drug-likeness (QED) is 0.438. The maximum atomic E-state index is 14.2. The van der Waals surface area contributed by atoms with Crippen molar-refractivity contribution in [1.82, 2.24) is 3.80 Å². The molecule has 1 aromatic carbocycles. The summed E-state index contributed by atoms with van der Waals surface area (Å²) in [7, 11) is 0. The molecular formula is C24H43NOSi3Ti. The van der Waals surface area contributed by atoms with Crippen LogP contribution < -0.4 is 3.80 Å². The molecule has 0 fully saturated rings. The van der Waals surface area contributed by atoms with E-state index in [4.69, 9.17) is 0 Å². The molecule has 0 bridgehead atoms. The van der Waals surface area contributed by atoms with Gasteiger partial charge >= 0.3 is 191 Å². The summed E-state index contributed by atoms with van der Waals surface area (Å²) in [5.74, 6) is -2.72. The Hall–Kier alpha value is -0.465. The van der Waals surface area contributed by atoms with Gasteiger partial charge in [0.1, 0.15) is 0 Å². The Kier molecular flexibility index (Phi) is 7.58. The molecule has 2 nitrogen and oxygen atoms in total. The predicted molar refractivity (Wildman–Crippen MR) is 140 cm³/mol. The number of hydrogen-bond donors (Lipinski definition) is 1. The minimum atomic E-state index is -2.55. The Morgan fingerprint density at radius 2 is 1.40 bits per heavy atom. The summed E-state index contributed by atoms with van der Waals surface area (Å²) in [6.07, 6.45) is 7.47. The van der Waals surface area contributed by atoms with Crippen LogP contribution in [-0.4, -0.2) is 24.5 Å². The average Bonchev–Trinajstić information content (AvgIpc) is 3.12. The van der Waals surface area contributed by atoms with Crippen LogP contribution in [0.3, 0.4) is 0 Å². The van der Waals surface area contributed by atoms with Crippen molar-refractivity contribution in [2.24, 2.45) is 0 Å². The first kappa shape index (κ1) is 25.8. The van der Waals surface area contributed by atoms with Gasteiger partial charge < -0.3 is 0 Å². The number of benzene rings is 1. The monoisotopic (exact) mass is 493 g/mol. The van der Waals surface area contributed by atoms with Crippen molar-refractivity contribution in [1.29, 1.82) is 0 Å². The van der Waals surface area contributed by atoms with E-state index in [0.717, 1.165) is 12.0 Å². The van der Waals surface area contributed by atoms with Crippen LogP contribution in [0.15, 0.2) is 18.2 Å². The Balaban J connectivity index is 2.77. The molecule has 1 aliphatic rings. The Morgan fingerprint density at radius 1 is 0.900 bits per heavy atom. The fourth-order valence-electron chi connectivity index (χ4n) is 6.25. The normalized spacial score (nSPS) is 15.0. The minimum absolute atomic E-state index is 0.243. The molecule has 1 amide bonds. The van der Waals surface area contributed by atoms with Gasteiger partial charge in [-0.15, -0.1) is 0 Å². The van der Waals surface area contributed by atoms with Gasteiger partial charge in [-0.1, -0.05) is 0 Å². The van der Waals surface area contributed by atoms with Crippen molar-refractivity contribution in [3.05, 3.63) is 51.6 Å². The molecule has 0 unspecified atom stereocenters. The molecule has 0 atom stereocenters. The second-order valence-corrected chi connectivity index (χ2v) is 62.1. The first-order valence-electron chi connectivity index (χ1n) is 11.4. The van der Waals surface area contributed by atoms with Gasteiger partial charge in [-0.25, -0.2) is 0 Å². The molecule has 30 heavy (non-hydrogen) atoms. The summed E-state index contributed by atoms with van der Waals surface area (Å²) in [6.45, 7) is 28.1. The van der Waals surface area contributed by atoms with Gasteiger partial charge in [0, 0.05) is 0 Å². The van der Waals surface area contributed by atoms with E-state index in [1.54, 1.807) is 0 Å². The molecule has 6 heteroatoms. The van der Waals surface area contributed by atoms with Crippen LogP contribution in [0.2, 0.25) is 52.4 Å². The molecule has 0 heterocycles. The second-order valence-electron chi connectivity index (χ2n) is 11.5. The fourth-order valence-corrected chi connectivity index (χ4v) is 118. The van der Waals surface area contributed by atoms with Crippen molar-refractivity contribution in [3.63, 3.8) is 0 Å². The number of allylic oxidation sites excluding steroid dienone is 4. The van der Waals surface area contributed by atoms with Gasteiger partial charge in [-0.05, 0) is 0 Å². The molecule has 0 aromatic heterocycles. The third-order valence-electron chi connectivity index (χ3n) is 7.55. The number of carbonyl (C=O) groups excluding carboxylic acids is 1. The van der Waals surface area contributed by atoms with Crippen molar-refractivity contribution < 1.29 is 19.4 Å². The Labute approximate surface area is 190 Å². The van der Waals surface area contributed by atoms with Crippen LogP contribution in [0.1, 0.15) is 44.6 Å². The average molecular weight is 494 g/mol. The van der Waals surface area contributed by atoms with E-state index in [0.29, 0.717) is 0 Å². The number of amides is 1. The summed E-state index contributed by atoms with van der Waals surface area (Å²) in [6, 6.07) is 0. The van der Waals surface area contributed by atoms with Crippen molar-refractivity contribution in [3.8, 4) is 0 Å². The number of nitrogens with one attached hydrogen (secondary N) is 1. The van der Waals surface area contributed by atoms with E-state index >= 15 is 0 Å². The molecule has 0 spiro atoms. The number of hydrogen-bond acceptors (Lipinski definition) is 1. The van der Waals surface area contributed by atoms with Gasteiger partial charge in [0.2, 0.25) is 0 Å². The van der Waals surface area contributed by atoms with Crippen molar-refractivity contribution in [2.75, 3.05) is 0 Å².